The summed E-state index contributed by atoms with van der Waals surface area (Å²) in [5, 5.41) is 8.51. The highest BCUT2D eigenvalue weighted by atomic mass is 16.3. The van der Waals surface area contributed by atoms with Crippen molar-refractivity contribution in [3.05, 3.63) is 164 Å². The summed E-state index contributed by atoms with van der Waals surface area (Å²) in [6.07, 6.45) is 0. The molecule has 11 aromatic rings. The number of para-hydroxylation sites is 1. The van der Waals surface area contributed by atoms with Crippen molar-refractivity contribution < 1.29 is 8.83 Å². The Morgan fingerprint density at radius 1 is 0.308 bits per heavy atom. The van der Waals surface area contributed by atoms with Crippen molar-refractivity contribution in [2.24, 2.45) is 0 Å². The van der Waals surface area contributed by atoms with Crippen LogP contribution in [-0.2, 0) is 0 Å². The molecule has 0 aliphatic rings. The number of rotatable bonds is 4. The second-order valence-corrected chi connectivity index (χ2v) is 13.2. The normalized spacial score (nSPS) is 11.8. The Labute approximate surface area is 297 Å². The standard InChI is InChI=1S/C47H27N3O2/c1-2-10-28(11-3-1)32-22-24-35-41(27-32)52-39-19-9-17-37(43(35)39)47-49-45(33-21-20-29-12-4-5-13-31(29)26-33)48-46(50-47)36-16-8-14-30-23-25-40-44(42(30)36)34-15-6-7-18-38(34)51-40/h1-27H. The van der Waals surface area contributed by atoms with E-state index in [0.29, 0.717) is 17.5 Å². The molecule has 5 nitrogen and oxygen atoms in total. The molecular weight excluding hydrogens is 639 g/mol. The van der Waals surface area contributed by atoms with Crippen molar-refractivity contribution in [2.45, 2.75) is 0 Å². The summed E-state index contributed by atoms with van der Waals surface area (Å²) in [6, 6.07) is 56.3. The molecule has 3 aromatic heterocycles. The van der Waals surface area contributed by atoms with Crippen molar-refractivity contribution in [3.8, 4) is 45.3 Å². The zero-order valence-corrected chi connectivity index (χ0v) is 27.7. The lowest BCUT2D eigenvalue weighted by molar-refractivity contribution is 0.669. The van der Waals surface area contributed by atoms with Crippen LogP contribution in [0.5, 0.6) is 0 Å². The highest BCUT2D eigenvalue weighted by molar-refractivity contribution is 6.22. The molecule has 11 rings (SSSR count). The summed E-state index contributed by atoms with van der Waals surface area (Å²) >= 11 is 0. The highest BCUT2D eigenvalue weighted by Gasteiger charge is 2.21. The SMILES string of the molecule is c1ccc(-c2ccc3c(c2)oc2cccc(-c4nc(-c5ccc6ccccc6c5)nc(-c5cccc6ccc7oc8ccccc8c7c56)n4)c23)cc1. The summed E-state index contributed by atoms with van der Waals surface area (Å²) in [7, 11) is 0. The first-order chi connectivity index (χ1) is 25.7. The molecule has 5 heteroatoms. The zero-order valence-electron chi connectivity index (χ0n) is 27.7. The summed E-state index contributed by atoms with van der Waals surface area (Å²) in [6.45, 7) is 0. The average molecular weight is 666 g/mol. The molecule has 0 N–H and O–H groups in total. The molecule has 0 aliphatic carbocycles. The quantitative estimate of drug-likeness (QED) is 0.187. The molecule has 0 fully saturated rings. The van der Waals surface area contributed by atoms with Crippen molar-refractivity contribution in [1.82, 2.24) is 15.0 Å². The Kier molecular flexibility index (Phi) is 6.18. The van der Waals surface area contributed by atoms with E-state index in [-0.39, 0.29) is 0 Å². The lowest BCUT2D eigenvalue weighted by Gasteiger charge is -2.12. The van der Waals surface area contributed by atoms with Crippen LogP contribution >= 0.6 is 0 Å². The van der Waals surface area contributed by atoms with Gasteiger partial charge in [0.2, 0.25) is 0 Å². The molecule has 0 saturated heterocycles. The van der Waals surface area contributed by atoms with Crippen LogP contribution in [0, 0.1) is 0 Å². The van der Waals surface area contributed by atoms with E-state index in [1.165, 1.54) is 0 Å². The van der Waals surface area contributed by atoms with Crippen LogP contribution in [-0.4, -0.2) is 15.0 Å². The Morgan fingerprint density at radius 3 is 1.81 bits per heavy atom. The van der Waals surface area contributed by atoms with E-state index < -0.39 is 0 Å². The van der Waals surface area contributed by atoms with Gasteiger partial charge in [0.05, 0.1) is 0 Å². The number of hydrogen-bond acceptors (Lipinski definition) is 5. The third-order valence-corrected chi connectivity index (χ3v) is 10.1. The Balaban J connectivity index is 1.19. The van der Waals surface area contributed by atoms with E-state index in [1.807, 2.05) is 30.3 Å². The molecule has 0 radical (unpaired) electrons. The van der Waals surface area contributed by atoms with Crippen LogP contribution in [0.2, 0.25) is 0 Å². The van der Waals surface area contributed by atoms with Gasteiger partial charge in [-0.3, -0.25) is 0 Å². The minimum atomic E-state index is 0.579. The van der Waals surface area contributed by atoms with Crippen LogP contribution in [0.3, 0.4) is 0 Å². The van der Waals surface area contributed by atoms with Crippen LogP contribution in [0.4, 0.5) is 0 Å². The summed E-state index contributed by atoms with van der Waals surface area (Å²) in [4.78, 5) is 15.7. The number of benzene rings is 8. The lowest BCUT2D eigenvalue weighted by atomic mass is 9.98. The second-order valence-electron chi connectivity index (χ2n) is 13.2. The molecular formula is C47H27N3O2. The minimum Gasteiger partial charge on any atom is -0.456 e. The number of furan rings is 2. The van der Waals surface area contributed by atoms with E-state index in [9.17, 15) is 0 Å². The maximum absolute atomic E-state index is 6.51. The summed E-state index contributed by atoms with van der Waals surface area (Å²) in [5.41, 5.74) is 8.23. The monoisotopic (exact) mass is 665 g/mol. The van der Waals surface area contributed by atoms with E-state index in [0.717, 1.165) is 93.2 Å². The molecule has 0 amide bonds. The smallest absolute Gasteiger partial charge is 0.164 e. The first-order valence-electron chi connectivity index (χ1n) is 17.3. The van der Waals surface area contributed by atoms with Gasteiger partial charge in [0.1, 0.15) is 22.3 Å². The summed E-state index contributed by atoms with van der Waals surface area (Å²) in [5.74, 6) is 1.77. The molecule has 3 heterocycles. The van der Waals surface area contributed by atoms with Gasteiger partial charge in [-0.1, -0.05) is 127 Å². The first-order valence-corrected chi connectivity index (χ1v) is 17.3. The molecule has 0 aliphatic heterocycles. The fourth-order valence-corrected chi connectivity index (χ4v) is 7.68. The molecule has 0 bridgehead atoms. The van der Waals surface area contributed by atoms with Gasteiger partial charge in [0.25, 0.3) is 0 Å². The Bertz CT molecular complexity index is 3190. The molecule has 0 spiro atoms. The predicted molar refractivity (Wildman–Crippen MR) is 211 cm³/mol. The van der Waals surface area contributed by atoms with E-state index in [4.69, 9.17) is 23.8 Å². The van der Waals surface area contributed by atoms with Crippen LogP contribution in [0.15, 0.2) is 173 Å². The van der Waals surface area contributed by atoms with Gasteiger partial charge in [-0.2, -0.15) is 0 Å². The fraction of sp³-hybridized carbons (Fsp3) is 0. The zero-order chi connectivity index (χ0) is 34.2. The molecule has 0 unspecified atom stereocenters. The number of nitrogens with zero attached hydrogens (tertiary/aromatic N) is 3. The van der Waals surface area contributed by atoms with Crippen molar-refractivity contribution in [2.75, 3.05) is 0 Å². The largest absolute Gasteiger partial charge is 0.456 e. The van der Waals surface area contributed by atoms with Crippen molar-refractivity contribution >= 4 is 65.4 Å². The van der Waals surface area contributed by atoms with Gasteiger partial charge in [-0.15, -0.1) is 0 Å². The van der Waals surface area contributed by atoms with E-state index in [2.05, 4.69) is 133 Å². The predicted octanol–water partition coefficient (Wildman–Crippen LogP) is 12.6. The number of aromatic nitrogens is 3. The van der Waals surface area contributed by atoms with Crippen LogP contribution in [0.1, 0.15) is 0 Å². The third kappa shape index (κ3) is 4.46. The van der Waals surface area contributed by atoms with Gasteiger partial charge in [-0.05, 0) is 63.7 Å². The van der Waals surface area contributed by atoms with Gasteiger partial charge in [-0.25, -0.2) is 15.0 Å². The molecule has 0 atom stereocenters. The topological polar surface area (TPSA) is 65.0 Å². The van der Waals surface area contributed by atoms with Gasteiger partial charge < -0.3 is 8.83 Å². The maximum Gasteiger partial charge on any atom is 0.164 e. The van der Waals surface area contributed by atoms with Gasteiger partial charge >= 0.3 is 0 Å². The van der Waals surface area contributed by atoms with Gasteiger partial charge in [0.15, 0.2) is 17.5 Å². The Morgan fingerprint density at radius 2 is 0.923 bits per heavy atom. The lowest BCUT2D eigenvalue weighted by Crippen LogP contribution is -2.01. The van der Waals surface area contributed by atoms with Crippen LogP contribution in [0.25, 0.3) is 111 Å². The maximum atomic E-state index is 6.51. The first kappa shape index (κ1) is 28.7. The van der Waals surface area contributed by atoms with Crippen LogP contribution < -0.4 is 0 Å². The second kappa shape index (κ2) is 11.2. The Hall–Kier alpha value is -7.11. The van der Waals surface area contributed by atoms with Gasteiger partial charge in [0, 0.05) is 43.6 Å². The van der Waals surface area contributed by atoms with E-state index in [1.54, 1.807) is 0 Å². The number of hydrogen-bond donors (Lipinski definition) is 0. The molecule has 52 heavy (non-hydrogen) atoms. The molecule has 0 saturated carbocycles. The average Bonchev–Trinajstić information content (AvgIpc) is 3.79. The third-order valence-electron chi connectivity index (χ3n) is 10.1. The number of fused-ring (bicyclic) bond motifs is 9. The van der Waals surface area contributed by atoms with Crippen molar-refractivity contribution in [1.29, 1.82) is 0 Å². The highest BCUT2D eigenvalue weighted by Crippen LogP contribution is 2.41. The molecule has 8 aromatic carbocycles. The molecule has 242 valence electrons. The van der Waals surface area contributed by atoms with Crippen molar-refractivity contribution in [3.63, 3.8) is 0 Å². The van der Waals surface area contributed by atoms with E-state index >= 15 is 0 Å². The fourth-order valence-electron chi connectivity index (χ4n) is 7.68. The minimum absolute atomic E-state index is 0.579. The summed E-state index contributed by atoms with van der Waals surface area (Å²) < 4.78 is 12.8.